The standard InChI is InChI=1S/C24H49NO2/c1-6-18-24(4,5)22(19-23(26)20-25-27)17-15-13-11-9-8-10-12-14-16-21(3)7-2/h21-23,26H,6-20H2,1-5H3. The van der Waals surface area contributed by atoms with Gasteiger partial charge in [0.1, 0.15) is 6.54 Å². The molecule has 0 rings (SSSR count). The first-order chi connectivity index (χ1) is 12.9. The highest BCUT2D eigenvalue weighted by molar-refractivity contribution is 4.81. The van der Waals surface area contributed by atoms with Crippen LogP contribution in [0.1, 0.15) is 125 Å². The minimum atomic E-state index is -0.570. The van der Waals surface area contributed by atoms with Gasteiger partial charge in [-0.2, -0.15) is 4.91 Å². The molecule has 0 bridgehead atoms. The van der Waals surface area contributed by atoms with Crippen molar-refractivity contribution in [1.82, 2.24) is 0 Å². The van der Waals surface area contributed by atoms with E-state index in [1.807, 2.05) is 0 Å². The molecule has 3 atom stereocenters. The van der Waals surface area contributed by atoms with Gasteiger partial charge in [-0.1, -0.05) is 110 Å². The Balaban J connectivity index is 3.94. The molecule has 0 saturated carbocycles. The number of aliphatic hydroxyl groups is 1. The number of hydrogen-bond acceptors (Lipinski definition) is 3. The largest absolute Gasteiger partial charge is 0.391 e. The number of nitrogens with zero attached hydrogens (tertiary/aromatic N) is 1. The lowest BCUT2D eigenvalue weighted by Crippen LogP contribution is -2.29. The van der Waals surface area contributed by atoms with Gasteiger partial charge < -0.3 is 5.11 Å². The molecule has 1 N–H and O–H groups in total. The van der Waals surface area contributed by atoms with E-state index in [2.05, 4.69) is 39.8 Å². The summed E-state index contributed by atoms with van der Waals surface area (Å²) in [6.45, 7) is 11.6. The zero-order valence-corrected chi connectivity index (χ0v) is 19.1. The van der Waals surface area contributed by atoms with E-state index in [9.17, 15) is 10.0 Å². The van der Waals surface area contributed by atoms with Gasteiger partial charge in [-0.05, 0) is 36.5 Å². The van der Waals surface area contributed by atoms with Crippen LogP contribution >= 0.6 is 0 Å². The molecule has 27 heavy (non-hydrogen) atoms. The topological polar surface area (TPSA) is 49.7 Å². The smallest absolute Gasteiger partial charge is 0.107 e. The van der Waals surface area contributed by atoms with E-state index in [0.717, 1.165) is 18.8 Å². The van der Waals surface area contributed by atoms with Gasteiger partial charge in [0.05, 0.1) is 6.10 Å². The van der Waals surface area contributed by atoms with Crippen LogP contribution in [0.2, 0.25) is 0 Å². The van der Waals surface area contributed by atoms with Gasteiger partial charge in [0.25, 0.3) is 0 Å². The van der Waals surface area contributed by atoms with E-state index in [1.165, 1.54) is 77.0 Å². The van der Waals surface area contributed by atoms with Crippen LogP contribution in [0.25, 0.3) is 0 Å². The maximum absolute atomic E-state index is 10.4. The molecule has 0 amide bonds. The Kier molecular flexibility index (Phi) is 16.2. The number of rotatable bonds is 19. The minimum Gasteiger partial charge on any atom is -0.391 e. The van der Waals surface area contributed by atoms with E-state index in [0.29, 0.717) is 5.92 Å². The second kappa shape index (κ2) is 16.5. The molecule has 3 nitrogen and oxygen atoms in total. The van der Waals surface area contributed by atoms with Crippen molar-refractivity contribution in [1.29, 1.82) is 0 Å². The van der Waals surface area contributed by atoms with E-state index >= 15 is 0 Å². The van der Waals surface area contributed by atoms with Crippen LogP contribution in [-0.2, 0) is 0 Å². The summed E-state index contributed by atoms with van der Waals surface area (Å²) in [6.07, 6.45) is 17.2. The lowest BCUT2D eigenvalue weighted by atomic mass is 9.71. The van der Waals surface area contributed by atoms with Crippen LogP contribution in [0.15, 0.2) is 5.18 Å². The Morgan fingerprint density at radius 1 is 0.889 bits per heavy atom. The van der Waals surface area contributed by atoms with Crippen molar-refractivity contribution >= 4 is 0 Å². The van der Waals surface area contributed by atoms with E-state index < -0.39 is 6.10 Å². The normalized spacial score (nSPS) is 15.5. The zero-order valence-electron chi connectivity index (χ0n) is 19.1. The summed E-state index contributed by atoms with van der Waals surface area (Å²) in [4.78, 5) is 10.4. The summed E-state index contributed by atoms with van der Waals surface area (Å²) in [5.41, 5.74) is 0.230. The molecule has 0 heterocycles. The van der Waals surface area contributed by atoms with Gasteiger partial charge in [0.2, 0.25) is 0 Å². The summed E-state index contributed by atoms with van der Waals surface area (Å²) < 4.78 is 0. The van der Waals surface area contributed by atoms with Crippen LogP contribution in [-0.4, -0.2) is 17.8 Å². The second-order valence-corrected chi connectivity index (χ2v) is 9.56. The molecule has 3 unspecified atom stereocenters. The Bertz CT molecular complexity index is 343. The van der Waals surface area contributed by atoms with Crippen molar-refractivity contribution in [3.63, 3.8) is 0 Å². The third-order valence-electron chi connectivity index (χ3n) is 6.54. The molecule has 3 heteroatoms. The van der Waals surface area contributed by atoms with E-state index in [-0.39, 0.29) is 12.0 Å². The molecule has 0 spiro atoms. The van der Waals surface area contributed by atoms with E-state index in [4.69, 9.17) is 0 Å². The number of nitroso groups, excluding NO2 is 1. The Morgan fingerprint density at radius 3 is 1.89 bits per heavy atom. The summed E-state index contributed by atoms with van der Waals surface area (Å²) in [7, 11) is 0. The maximum Gasteiger partial charge on any atom is 0.107 e. The van der Waals surface area contributed by atoms with Crippen LogP contribution in [0.4, 0.5) is 0 Å². The van der Waals surface area contributed by atoms with Crippen molar-refractivity contribution in [3.05, 3.63) is 4.91 Å². The van der Waals surface area contributed by atoms with Crippen LogP contribution < -0.4 is 0 Å². The molecule has 0 aliphatic rings. The highest BCUT2D eigenvalue weighted by Gasteiger charge is 2.30. The van der Waals surface area contributed by atoms with Gasteiger partial charge in [-0.15, -0.1) is 0 Å². The minimum absolute atomic E-state index is 0.0374. The number of unbranched alkanes of at least 4 members (excludes halogenated alkanes) is 7. The van der Waals surface area contributed by atoms with Gasteiger partial charge in [0.15, 0.2) is 0 Å². The summed E-state index contributed by atoms with van der Waals surface area (Å²) in [6, 6.07) is 0. The third-order valence-corrected chi connectivity index (χ3v) is 6.54. The average Bonchev–Trinajstić information content (AvgIpc) is 2.62. The molecular formula is C24H49NO2. The lowest BCUT2D eigenvalue weighted by Gasteiger charge is -2.35. The Labute approximate surface area is 170 Å². The summed E-state index contributed by atoms with van der Waals surface area (Å²) in [5, 5.41) is 12.9. The van der Waals surface area contributed by atoms with E-state index in [1.54, 1.807) is 0 Å². The zero-order chi connectivity index (χ0) is 20.5. The molecule has 0 radical (unpaired) electrons. The van der Waals surface area contributed by atoms with Crippen molar-refractivity contribution in [2.45, 2.75) is 131 Å². The quantitative estimate of drug-likeness (QED) is 0.182. The van der Waals surface area contributed by atoms with Gasteiger partial charge in [-0.3, -0.25) is 0 Å². The second-order valence-electron chi connectivity index (χ2n) is 9.56. The highest BCUT2D eigenvalue weighted by atomic mass is 16.3. The highest BCUT2D eigenvalue weighted by Crippen LogP contribution is 2.38. The van der Waals surface area contributed by atoms with Crippen LogP contribution in [0, 0.1) is 22.2 Å². The fraction of sp³-hybridized carbons (Fsp3) is 1.00. The molecule has 0 aromatic carbocycles. The molecule has 0 fully saturated rings. The van der Waals surface area contributed by atoms with Crippen LogP contribution in [0.3, 0.4) is 0 Å². The van der Waals surface area contributed by atoms with Crippen molar-refractivity contribution < 1.29 is 5.11 Å². The van der Waals surface area contributed by atoms with Gasteiger partial charge in [0, 0.05) is 0 Å². The monoisotopic (exact) mass is 383 g/mol. The first-order valence-corrected chi connectivity index (χ1v) is 11.8. The summed E-state index contributed by atoms with van der Waals surface area (Å²) >= 11 is 0. The molecule has 0 aromatic heterocycles. The van der Waals surface area contributed by atoms with Gasteiger partial charge >= 0.3 is 0 Å². The van der Waals surface area contributed by atoms with Crippen LogP contribution in [0.5, 0.6) is 0 Å². The third kappa shape index (κ3) is 14.2. The lowest BCUT2D eigenvalue weighted by molar-refractivity contribution is 0.0866. The SMILES string of the molecule is CCCC(C)(C)C(CCCCCCCCCCC(C)CC)CC(O)CN=O. The summed E-state index contributed by atoms with van der Waals surface area (Å²) in [5.74, 6) is 1.38. The van der Waals surface area contributed by atoms with Crippen molar-refractivity contribution in [2.75, 3.05) is 6.54 Å². The molecular weight excluding hydrogens is 334 g/mol. The number of hydrogen-bond donors (Lipinski definition) is 1. The Morgan fingerprint density at radius 2 is 1.41 bits per heavy atom. The average molecular weight is 384 g/mol. The number of aliphatic hydroxyl groups excluding tert-OH is 1. The maximum atomic E-state index is 10.4. The predicted octanol–water partition coefficient (Wildman–Crippen LogP) is 7.89. The molecule has 0 aliphatic heterocycles. The molecule has 0 aliphatic carbocycles. The predicted molar refractivity (Wildman–Crippen MR) is 119 cm³/mol. The van der Waals surface area contributed by atoms with Crippen molar-refractivity contribution in [2.24, 2.45) is 22.4 Å². The fourth-order valence-electron chi connectivity index (χ4n) is 4.31. The first-order valence-electron chi connectivity index (χ1n) is 11.8. The Hall–Kier alpha value is -0.440. The molecule has 0 aromatic rings. The van der Waals surface area contributed by atoms with Crippen molar-refractivity contribution in [3.8, 4) is 0 Å². The van der Waals surface area contributed by atoms with Gasteiger partial charge in [-0.25, -0.2) is 0 Å². The first kappa shape index (κ1) is 26.6. The molecule has 0 saturated heterocycles. The molecule has 162 valence electrons. The fourth-order valence-corrected chi connectivity index (χ4v) is 4.31.